The van der Waals surface area contributed by atoms with E-state index < -0.39 is 83.4 Å². The summed E-state index contributed by atoms with van der Waals surface area (Å²) in [5.74, 6) is -4.56. The van der Waals surface area contributed by atoms with Crippen LogP contribution in [0.3, 0.4) is 0 Å². The number of piperazine rings is 1. The number of hydrogen-bond donors (Lipinski definition) is 2. The number of cyclic esters (lactones) is 1. The number of rotatable bonds is 12. The highest BCUT2D eigenvalue weighted by Gasteiger charge is 2.74. The topological polar surface area (TPSA) is 181 Å². The average molecular weight is 943 g/mol. The molecule has 6 aliphatic heterocycles. The van der Waals surface area contributed by atoms with Crippen LogP contribution in [0.25, 0.3) is 0 Å². The zero-order valence-corrected chi connectivity index (χ0v) is 38.0. The van der Waals surface area contributed by atoms with E-state index in [0.29, 0.717) is 41.1 Å². The van der Waals surface area contributed by atoms with E-state index in [-0.39, 0.29) is 43.8 Å². The highest BCUT2D eigenvalue weighted by Crippen LogP contribution is 2.65. The second-order valence-corrected chi connectivity index (χ2v) is 18.6. The van der Waals surface area contributed by atoms with Gasteiger partial charge in [0.1, 0.15) is 66.9 Å². The molecule has 0 unspecified atom stereocenters. The van der Waals surface area contributed by atoms with Crippen LogP contribution in [0.2, 0.25) is 0 Å². The van der Waals surface area contributed by atoms with Gasteiger partial charge in [-0.05, 0) is 77.4 Å². The van der Waals surface area contributed by atoms with Crippen molar-refractivity contribution in [1.82, 2.24) is 14.7 Å². The summed E-state index contributed by atoms with van der Waals surface area (Å²) in [4.78, 5) is 91.3. The van der Waals surface area contributed by atoms with Crippen LogP contribution in [0.4, 0.5) is 5.69 Å². The minimum Gasteiger partial charge on any atom is -0.508 e. The highest BCUT2D eigenvalue weighted by molar-refractivity contribution is 6.11. The Balaban J connectivity index is 0.902. The first-order valence-electron chi connectivity index (χ1n) is 23.7. The number of phenolic OH excluding ortho intramolecular Hbond substituents is 1. The standard InChI is InChI=1S/C55H50N4O11/c1-2-28-68-52(64)43-46-53(65)70-47(34-14-7-4-8-15-34)45(32-12-5-3-6-13-32)59(46)48(55(43)39-16-9-10-17-40(39)56-54(55)66)35-21-25-37(26-22-35)67-29-30-69-51(63)38-31-42-49(61)57-27-11-18-41(57)50(62)58(42)44(38)33-19-23-36(60)24-20-33/h2-10,12-17,19-26,38,41-48,60H,1,11,18,27-31H2,(H,56,66)/t38-,41+,42-,43-,44-,45-,46-,47+,48+,55-/m1/s1. The van der Waals surface area contributed by atoms with Gasteiger partial charge in [-0.25, -0.2) is 0 Å². The molecular weight excluding hydrogens is 893 g/mol. The summed E-state index contributed by atoms with van der Waals surface area (Å²) in [7, 11) is 0. The largest absolute Gasteiger partial charge is 0.508 e. The Kier molecular flexibility index (Phi) is 11.5. The smallest absolute Gasteiger partial charge is 0.325 e. The van der Waals surface area contributed by atoms with Crippen molar-refractivity contribution >= 4 is 41.3 Å². The van der Waals surface area contributed by atoms with Gasteiger partial charge in [-0.1, -0.05) is 116 Å². The number of esters is 3. The van der Waals surface area contributed by atoms with Crippen molar-refractivity contribution in [2.45, 2.75) is 67.0 Å². The van der Waals surface area contributed by atoms with Gasteiger partial charge < -0.3 is 39.2 Å². The van der Waals surface area contributed by atoms with Crippen LogP contribution in [0.5, 0.6) is 11.5 Å². The number of aromatic hydroxyl groups is 1. The van der Waals surface area contributed by atoms with Crippen LogP contribution < -0.4 is 10.1 Å². The number of carbonyl (C=O) groups excluding carboxylic acids is 6. The molecule has 15 heteroatoms. The number of ether oxygens (including phenoxy) is 4. The van der Waals surface area contributed by atoms with Crippen LogP contribution in [0, 0.1) is 11.8 Å². The lowest BCUT2D eigenvalue weighted by atomic mass is 9.65. The molecule has 5 fully saturated rings. The fourth-order valence-electron chi connectivity index (χ4n) is 12.2. The molecule has 0 radical (unpaired) electrons. The van der Waals surface area contributed by atoms with Crippen molar-refractivity contribution in [2.24, 2.45) is 11.8 Å². The highest BCUT2D eigenvalue weighted by atomic mass is 16.6. The third-order valence-electron chi connectivity index (χ3n) is 15.0. The van der Waals surface area contributed by atoms with E-state index in [4.69, 9.17) is 18.9 Å². The molecule has 356 valence electrons. The number of benzene rings is 5. The Bertz CT molecular complexity index is 2880. The van der Waals surface area contributed by atoms with E-state index in [0.717, 1.165) is 17.5 Å². The zero-order chi connectivity index (χ0) is 48.3. The molecule has 6 heterocycles. The molecule has 2 N–H and O–H groups in total. The predicted octanol–water partition coefficient (Wildman–Crippen LogP) is 6.28. The van der Waals surface area contributed by atoms with Crippen molar-refractivity contribution in [3.63, 3.8) is 0 Å². The van der Waals surface area contributed by atoms with E-state index in [2.05, 4.69) is 11.9 Å². The number of fused-ring (bicyclic) bond motifs is 5. The van der Waals surface area contributed by atoms with Crippen molar-refractivity contribution in [2.75, 3.05) is 31.7 Å². The molecule has 0 bridgehead atoms. The van der Waals surface area contributed by atoms with Crippen molar-refractivity contribution in [3.8, 4) is 11.5 Å². The molecule has 0 saturated carbocycles. The van der Waals surface area contributed by atoms with E-state index in [1.165, 1.54) is 18.2 Å². The number of nitrogens with zero attached hydrogens (tertiary/aromatic N) is 3. The van der Waals surface area contributed by atoms with Gasteiger partial charge in [0.25, 0.3) is 0 Å². The summed E-state index contributed by atoms with van der Waals surface area (Å²) in [5, 5.41) is 13.1. The third kappa shape index (κ3) is 7.12. The Labute approximate surface area is 403 Å². The molecule has 3 amide bonds. The van der Waals surface area contributed by atoms with Gasteiger partial charge in [-0.2, -0.15) is 0 Å². The molecule has 1 spiro atoms. The minimum absolute atomic E-state index is 0.0318. The Hall–Kier alpha value is -7.78. The minimum atomic E-state index is -1.69. The lowest BCUT2D eigenvalue weighted by molar-refractivity contribution is -0.180. The summed E-state index contributed by atoms with van der Waals surface area (Å²) in [6.07, 6.45) is 2.01. The molecule has 5 saturated heterocycles. The molecule has 70 heavy (non-hydrogen) atoms. The number of nitrogens with one attached hydrogen (secondary N) is 1. The molecule has 0 aromatic heterocycles. The quantitative estimate of drug-likeness (QED) is 0.0620. The van der Waals surface area contributed by atoms with Gasteiger partial charge in [0.2, 0.25) is 17.7 Å². The average Bonchev–Trinajstić information content (AvgIpc) is 4.18. The summed E-state index contributed by atoms with van der Waals surface area (Å²) >= 11 is 0. The molecule has 11 rings (SSSR count). The van der Waals surface area contributed by atoms with Gasteiger partial charge in [-0.3, -0.25) is 33.7 Å². The van der Waals surface area contributed by atoms with Crippen LogP contribution in [-0.2, 0) is 48.4 Å². The first kappa shape index (κ1) is 44.7. The van der Waals surface area contributed by atoms with Crippen LogP contribution in [-0.4, -0.2) is 99.9 Å². The predicted molar refractivity (Wildman–Crippen MR) is 251 cm³/mol. The summed E-state index contributed by atoms with van der Waals surface area (Å²) < 4.78 is 24.2. The Morgan fingerprint density at radius 2 is 1.40 bits per heavy atom. The molecule has 5 aromatic carbocycles. The van der Waals surface area contributed by atoms with Gasteiger partial charge in [0.05, 0.1) is 24.0 Å². The van der Waals surface area contributed by atoms with Crippen molar-refractivity contribution in [1.29, 1.82) is 0 Å². The normalized spacial score (nSPS) is 28.6. The van der Waals surface area contributed by atoms with Gasteiger partial charge >= 0.3 is 17.9 Å². The van der Waals surface area contributed by atoms with Crippen LogP contribution >= 0.6 is 0 Å². The van der Waals surface area contributed by atoms with Crippen molar-refractivity contribution in [3.05, 3.63) is 174 Å². The number of hydrogen-bond acceptors (Lipinski definition) is 12. The second-order valence-electron chi connectivity index (χ2n) is 18.6. The van der Waals surface area contributed by atoms with E-state index in [9.17, 15) is 29.1 Å². The van der Waals surface area contributed by atoms with Crippen LogP contribution in [0.15, 0.2) is 146 Å². The monoisotopic (exact) mass is 942 g/mol. The van der Waals surface area contributed by atoms with E-state index in [1.54, 1.807) is 52.3 Å². The molecular formula is C55H50N4O11. The number of para-hydroxylation sites is 1. The number of morpholine rings is 1. The number of amides is 3. The summed E-state index contributed by atoms with van der Waals surface area (Å²) in [5.41, 5.74) is 2.13. The van der Waals surface area contributed by atoms with Crippen LogP contribution in [0.1, 0.15) is 71.3 Å². The van der Waals surface area contributed by atoms with Crippen molar-refractivity contribution < 1.29 is 52.8 Å². The number of anilines is 1. The molecule has 5 aromatic rings. The summed E-state index contributed by atoms with van der Waals surface area (Å²) in [6, 6.07) is 34.6. The lowest BCUT2D eigenvalue weighted by Gasteiger charge is -2.46. The Morgan fingerprint density at radius 3 is 2.13 bits per heavy atom. The van der Waals surface area contributed by atoms with E-state index in [1.807, 2.05) is 83.8 Å². The fourth-order valence-corrected chi connectivity index (χ4v) is 12.2. The number of carbonyl (C=O) groups is 6. The molecule has 10 atom stereocenters. The molecule has 6 aliphatic rings. The fraction of sp³-hybridized carbons (Fsp3) is 0.309. The first-order chi connectivity index (χ1) is 34.1. The zero-order valence-electron chi connectivity index (χ0n) is 38.0. The van der Waals surface area contributed by atoms with Gasteiger partial charge in [0, 0.05) is 12.2 Å². The Morgan fingerprint density at radius 1 is 0.729 bits per heavy atom. The maximum absolute atomic E-state index is 15.1. The molecule has 15 nitrogen and oxygen atoms in total. The van der Waals surface area contributed by atoms with Gasteiger partial charge in [0.15, 0.2) is 0 Å². The maximum Gasteiger partial charge on any atom is 0.325 e. The molecule has 0 aliphatic carbocycles. The second kappa shape index (κ2) is 17.9. The number of phenols is 1. The third-order valence-corrected chi connectivity index (χ3v) is 15.0. The lowest BCUT2D eigenvalue weighted by Crippen LogP contribution is -2.60. The van der Waals surface area contributed by atoms with E-state index >= 15 is 4.79 Å². The summed E-state index contributed by atoms with van der Waals surface area (Å²) in [6.45, 7) is 3.90. The SMILES string of the molecule is C=CCOC(=O)[C@H]1[C@@H]2C(=O)O[C@@H](c3ccccc3)[C@@H](c3ccccc3)N2[C@@H](c2ccc(OCCOC(=O)[C@@H]3C[C@@H]4C(=O)N5CCC[C@H]5C(=O)N4[C@@H]3c3ccc(O)cc3)cc2)[C@]12C(=O)Nc1ccccc12. The van der Waals surface area contributed by atoms with Gasteiger partial charge in [-0.15, -0.1) is 0 Å². The maximum atomic E-state index is 15.1. The first-order valence-corrected chi connectivity index (χ1v) is 23.7.